The van der Waals surface area contributed by atoms with Crippen LogP contribution < -0.4 is 5.32 Å². The molecule has 0 N–H and O–H groups in total. The van der Waals surface area contributed by atoms with Gasteiger partial charge in [0.15, 0.2) is 0 Å². The fourth-order valence-electron chi connectivity index (χ4n) is 1.77. The van der Waals surface area contributed by atoms with E-state index in [1.807, 2.05) is 20.8 Å². The molecule has 2 heteroatoms. The van der Waals surface area contributed by atoms with Crippen LogP contribution in [0.5, 0.6) is 0 Å². The molecular formula is C11H20NO. The lowest BCUT2D eigenvalue weighted by Gasteiger charge is -2.24. The summed E-state index contributed by atoms with van der Waals surface area (Å²) in [5.41, 5.74) is -0.200. The van der Waals surface area contributed by atoms with Crippen LogP contribution in [0.15, 0.2) is 0 Å². The molecule has 0 aromatic rings. The predicted octanol–water partition coefficient (Wildman–Crippen LogP) is 2.50. The third-order valence-electron chi connectivity index (χ3n) is 2.40. The second kappa shape index (κ2) is 4.12. The quantitative estimate of drug-likeness (QED) is 0.613. The standard InChI is InChI=1S/C11H20NO/c1-11(2,3)12-10(13)9-7-5-4-6-8-9/h9H,4-8H2,1-3H3. The zero-order chi connectivity index (χ0) is 9.90. The summed E-state index contributed by atoms with van der Waals surface area (Å²) in [6.07, 6.45) is 5.81. The maximum absolute atomic E-state index is 11.6. The molecule has 0 unspecified atom stereocenters. The molecule has 2 nitrogen and oxygen atoms in total. The van der Waals surface area contributed by atoms with E-state index in [-0.39, 0.29) is 17.4 Å². The number of rotatable bonds is 1. The van der Waals surface area contributed by atoms with Gasteiger partial charge in [0.05, 0.1) is 5.54 Å². The third kappa shape index (κ3) is 3.79. The van der Waals surface area contributed by atoms with Crippen molar-refractivity contribution >= 4 is 5.91 Å². The Hall–Kier alpha value is -0.530. The minimum absolute atomic E-state index is 0.132. The molecule has 1 saturated carbocycles. The van der Waals surface area contributed by atoms with Crippen LogP contribution >= 0.6 is 0 Å². The lowest BCUT2D eigenvalue weighted by Crippen LogP contribution is -2.38. The summed E-state index contributed by atoms with van der Waals surface area (Å²) < 4.78 is 0. The lowest BCUT2D eigenvalue weighted by molar-refractivity contribution is -0.127. The molecule has 1 radical (unpaired) electrons. The number of hydrogen-bond acceptors (Lipinski definition) is 1. The van der Waals surface area contributed by atoms with Crippen molar-refractivity contribution in [3.05, 3.63) is 0 Å². The molecular weight excluding hydrogens is 162 g/mol. The first kappa shape index (κ1) is 10.6. The van der Waals surface area contributed by atoms with Crippen LogP contribution in [0.4, 0.5) is 0 Å². The molecule has 0 bridgehead atoms. The van der Waals surface area contributed by atoms with Gasteiger partial charge in [0.1, 0.15) is 0 Å². The normalized spacial score (nSPS) is 19.9. The third-order valence-corrected chi connectivity index (χ3v) is 2.40. The summed E-state index contributed by atoms with van der Waals surface area (Å²) in [7, 11) is 0. The van der Waals surface area contributed by atoms with Crippen LogP contribution in [0.3, 0.4) is 0 Å². The summed E-state index contributed by atoms with van der Waals surface area (Å²) in [6, 6.07) is 0. The first-order valence-electron chi connectivity index (χ1n) is 5.26. The second-order valence-electron chi connectivity index (χ2n) is 4.96. The Morgan fingerprint density at radius 3 is 2.15 bits per heavy atom. The van der Waals surface area contributed by atoms with Gasteiger partial charge in [0, 0.05) is 5.92 Å². The van der Waals surface area contributed by atoms with Gasteiger partial charge >= 0.3 is 0 Å². The van der Waals surface area contributed by atoms with Crippen LogP contribution in [0, 0.1) is 5.92 Å². The van der Waals surface area contributed by atoms with Crippen molar-refractivity contribution in [2.75, 3.05) is 0 Å². The van der Waals surface area contributed by atoms with Gasteiger partial charge in [-0.05, 0) is 33.6 Å². The molecule has 1 aliphatic rings. The second-order valence-corrected chi connectivity index (χ2v) is 4.96. The van der Waals surface area contributed by atoms with E-state index < -0.39 is 0 Å². The SMILES string of the molecule is CC(C)(C)[N]C(=O)C1CCCCC1. The molecule has 0 saturated heterocycles. The molecule has 13 heavy (non-hydrogen) atoms. The van der Waals surface area contributed by atoms with Crippen molar-refractivity contribution in [3.8, 4) is 0 Å². The van der Waals surface area contributed by atoms with Gasteiger partial charge in [-0.1, -0.05) is 19.3 Å². The first-order chi connectivity index (χ1) is 5.99. The van der Waals surface area contributed by atoms with Gasteiger partial charge in [0.2, 0.25) is 5.91 Å². The Morgan fingerprint density at radius 2 is 1.69 bits per heavy atom. The Kier molecular flexibility index (Phi) is 3.34. The van der Waals surface area contributed by atoms with E-state index in [1.165, 1.54) is 19.3 Å². The minimum Gasteiger partial charge on any atom is -0.273 e. The summed E-state index contributed by atoms with van der Waals surface area (Å²) in [6.45, 7) is 5.94. The van der Waals surface area contributed by atoms with Gasteiger partial charge < -0.3 is 0 Å². The molecule has 75 valence electrons. The average Bonchev–Trinajstić information content (AvgIpc) is 2.03. The number of carbonyl (C=O) groups is 1. The Bertz CT molecular complexity index is 175. The van der Waals surface area contributed by atoms with E-state index in [9.17, 15) is 4.79 Å². The summed E-state index contributed by atoms with van der Waals surface area (Å²) >= 11 is 0. The van der Waals surface area contributed by atoms with Crippen LogP contribution in [0.2, 0.25) is 0 Å². The van der Waals surface area contributed by atoms with Gasteiger partial charge in [0.25, 0.3) is 0 Å². The predicted molar refractivity (Wildman–Crippen MR) is 53.5 cm³/mol. The zero-order valence-corrected chi connectivity index (χ0v) is 8.97. The fourth-order valence-corrected chi connectivity index (χ4v) is 1.77. The van der Waals surface area contributed by atoms with Crippen LogP contribution in [0.1, 0.15) is 52.9 Å². The molecule has 1 amide bonds. The molecule has 1 fully saturated rings. The van der Waals surface area contributed by atoms with Gasteiger partial charge in [-0.3, -0.25) is 4.79 Å². The summed E-state index contributed by atoms with van der Waals surface area (Å²) in [5, 5.41) is 4.19. The molecule has 0 heterocycles. The van der Waals surface area contributed by atoms with Gasteiger partial charge in [-0.15, -0.1) is 0 Å². The Labute approximate surface area is 81.1 Å². The molecule has 0 atom stereocenters. The van der Waals surface area contributed by atoms with Crippen LogP contribution in [-0.2, 0) is 4.79 Å². The number of carbonyl (C=O) groups excluding carboxylic acids is 1. The number of nitrogens with zero attached hydrogens (tertiary/aromatic N) is 1. The average molecular weight is 182 g/mol. The molecule has 0 aliphatic heterocycles. The largest absolute Gasteiger partial charge is 0.273 e. The fraction of sp³-hybridized carbons (Fsp3) is 0.909. The van der Waals surface area contributed by atoms with Crippen molar-refractivity contribution in [1.29, 1.82) is 0 Å². The van der Waals surface area contributed by atoms with E-state index >= 15 is 0 Å². The van der Waals surface area contributed by atoms with E-state index in [0.29, 0.717) is 0 Å². The van der Waals surface area contributed by atoms with Gasteiger partial charge in [-0.2, -0.15) is 0 Å². The van der Waals surface area contributed by atoms with Crippen molar-refractivity contribution in [3.63, 3.8) is 0 Å². The number of amides is 1. The molecule has 0 aromatic carbocycles. The van der Waals surface area contributed by atoms with Crippen LogP contribution in [-0.4, -0.2) is 11.4 Å². The van der Waals surface area contributed by atoms with Crippen LogP contribution in [0.25, 0.3) is 0 Å². The molecule has 1 aliphatic carbocycles. The highest BCUT2D eigenvalue weighted by Crippen LogP contribution is 2.24. The smallest absolute Gasteiger partial charge is 0.244 e. The zero-order valence-electron chi connectivity index (χ0n) is 8.97. The van der Waals surface area contributed by atoms with Gasteiger partial charge in [-0.25, -0.2) is 5.32 Å². The van der Waals surface area contributed by atoms with E-state index in [0.717, 1.165) is 12.8 Å². The monoisotopic (exact) mass is 182 g/mol. The lowest BCUT2D eigenvalue weighted by atomic mass is 9.88. The summed E-state index contributed by atoms with van der Waals surface area (Å²) in [4.78, 5) is 11.6. The van der Waals surface area contributed by atoms with E-state index in [2.05, 4.69) is 5.32 Å². The number of hydrogen-bond donors (Lipinski definition) is 0. The summed E-state index contributed by atoms with van der Waals surface area (Å²) in [5.74, 6) is 0.361. The van der Waals surface area contributed by atoms with Crippen molar-refractivity contribution in [2.45, 2.75) is 58.4 Å². The Morgan fingerprint density at radius 1 is 1.15 bits per heavy atom. The van der Waals surface area contributed by atoms with Crippen molar-refractivity contribution in [1.82, 2.24) is 5.32 Å². The van der Waals surface area contributed by atoms with Crippen molar-refractivity contribution in [2.24, 2.45) is 5.92 Å². The minimum atomic E-state index is -0.200. The maximum Gasteiger partial charge on any atom is 0.244 e. The highest BCUT2D eigenvalue weighted by Gasteiger charge is 2.25. The van der Waals surface area contributed by atoms with Crippen molar-refractivity contribution < 1.29 is 4.79 Å². The highest BCUT2D eigenvalue weighted by molar-refractivity contribution is 5.79. The van der Waals surface area contributed by atoms with E-state index in [1.54, 1.807) is 0 Å². The maximum atomic E-state index is 11.6. The molecule has 0 spiro atoms. The Balaban J connectivity index is 2.38. The highest BCUT2D eigenvalue weighted by atomic mass is 16.2. The molecule has 1 rings (SSSR count). The molecule has 0 aromatic heterocycles. The topological polar surface area (TPSA) is 31.2 Å². The first-order valence-corrected chi connectivity index (χ1v) is 5.26. The van der Waals surface area contributed by atoms with E-state index in [4.69, 9.17) is 0 Å².